The van der Waals surface area contributed by atoms with Gasteiger partial charge in [-0.2, -0.15) is 0 Å². The number of nitrogens with one attached hydrogen (secondary N) is 1. The summed E-state index contributed by atoms with van der Waals surface area (Å²) in [7, 11) is 1.58. The molecule has 146 valence electrons. The van der Waals surface area contributed by atoms with Gasteiger partial charge in [0.25, 0.3) is 0 Å². The highest BCUT2D eigenvalue weighted by Gasteiger charge is 2.13. The van der Waals surface area contributed by atoms with Crippen LogP contribution in [0.1, 0.15) is 11.1 Å². The fraction of sp³-hybridized carbons (Fsp3) is 0.143. The van der Waals surface area contributed by atoms with Crippen LogP contribution >= 0.6 is 39.1 Å². The molecule has 0 bridgehead atoms. The second kappa shape index (κ2) is 9.50. The van der Waals surface area contributed by atoms with Gasteiger partial charge in [0.1, 0.15) is 12.4 Å². The summed E-state index contributed by atoms with van der Waals surface area (Å²) in [6.07, 6.45) is 0. The molecular weight excluding hydrogens is 468 g/mol. The first-order valence-corrected chi connectivity index (χ1v) is 9.93. The minimum absolute atomic E-state index is 0.279. The topological polar surface area (TPSA) is 30.5 Å². The summed E-state index contributed by atoms with van der Waals surface area (Å²) >= 11 is 15.7. The monoisotopic (exact) mass is 483 g/mol. The standard InChI is InChI=1S/C21H17BrCl2FNO2/c1-27-20-9-14(11-26-19-10-15(23)4-7-18(19)24)8-17(22)21(20)28-12-13-2-5-16(25)6-3-13/h2-10,26H,11-12H2,1H3. The molecule has 0 aliphatic carbocycles. The Bertz CT molecular complexity index is 967. The zero-order chi connectivity index (χ0) is 20.1. The quantitative estimate of drug-likeness (QED) is 0.388. The highest BCUT2D eigenvalue weighted by Crippen LogP contribution is 2.37. The zero-order valence-electron chi connectivity index (χ0n) is 14.9. The maximum absolute atomic E-state index is 13.0. The van der Waals surface area contributed by atoms with Gasteiger partial charge in [-0.05, 0) is 69.5 Å². The van der Waals surface area contributed by atoms with Gasteiger partial charge >= 0.3 is 0 Å². The minimum atomic E-state index is -0.279. The van der Waals surface area contributed by atoms with Gasteiger partial charge in [-0.15, -0.1) is 0 Å². The predicted molar refractivity (Wildman–Crippen MR) is 115 cm³/mol. The summed E-state index contributed by atoms with van der Waals surface area (Å²) in [5, 5.41) is 4.46. The van der Waals surface area contributed by atoms with Crippen LogP contribution in [-0.4, -0.2) is 7.11 Å². The van der Waals surface area contributed by atoms with E-state index in [0.29, 0.717) is 34.7 Å². The normalized spacial score (nSPS) is 10.6. The number of rotatable bonds is 7. The molecule has 28 heavy (non-hydrogen) atoms. The average molecular weight is 485 g/mol. The second-order valence-corrected chi connectivity index (χ2v) is 7.70. The van der Waals surface area contributed by atoms with E-state index in [0.717, 1.165) is 21.3 Å². The van der Waals surface area contributed by atoms with Crippen LogP contribution in [-0.2, 0) is 13.2 Å². The number of hydrogen-bond acceptors (Lipinski definition) is 3. The summed E-state index contributed by atoms with van der Waals surface area (Å²) in [6, 6.07) is 15.3. The lowest BCUT2D eigenvalue weighted by atomic mass is 10.2. The molecule has 0 unspecified atom stereocenters. The minimum Gasteiger partial charge on any atom is -0.493 e. The number of anilines is 1. The van der Waals surface area contributed by atoms with Crippen molar-refractivity contribution in [3.05, 3.63) is 86.1 Å². The van der Waals surface area contributed by atoms with Crippen molar-refractivity contribution in [3.8, 4) is 11.5 Å². The van der Waals surface area contributed by atoms with E-state index in [9.17, 15) is 4.39 Å². The van der Waals surface area contributed by atoms with E-state index in [2.05, 4.69) is 21.2 Å². The van der Waals surface area contributed by atoms with Crippen LogP contribution in [0.3, 0.4) is 0 Å². The fourth-order valence-electron chi connectivity index (χ4n) is 2.58. The van der Waals surface area contributed by atoms with Gasteiger partial charge < -0.3 is 14.8 Å². The first kappa shape index (κ1) is 20.8. The van der Waals surface area contributed by atoms with Crippen molar-refractivity contribution < 1.29 is 13.9 Å². The van der Waals surface area contributed by atoms with Crippen LogP contribution < -0.4 is 14.8 Å². The van der Waals surface area contributed by atoms with Crippen LogP contribution in [0.15, 0.2) is 59.1 Å². The highest BCUT2D eigenvalue weighted by molar-refractivity contribution is 9.10. The van der Waals surface area contributed by atoms with E-state index in [-0.39, 0.29) is 5.82 Å². The Morgan fingerprint density at radius 1 is 1.00 bits per heavy atom. The third-order valence-corrected chi connectivity index (χ3v) is 5.15. The van der Waals surface area contributed by atoms with Gasteiger partial charge in [-0.3, -0.25) is 0 Å². The summed E-state index contributed by atoms with van der Waals surface area (Å²) in [5.41, 5.74) is 2.58. The first-order valence-electron chi connectivity index (χ1n) is 8.39. The van der Waals surface area contributed by atoms with E-state index >= 15 is 0 Å². The van der Waals surface area contributed by atoms with Crippen molar-refractivity contribution in [1.82, 2.24) is 0 Å². The Kier molecular flexibility index (Phi) is 7.05. The Hall–Kier alpha value is -1.95. The molecule has 0 saturated carbocycles. The van der Waals surface area contributed by atoms with E-state index < -0.39 is 0 Å². The van der Waals surface area contributed by atoms with Gasteiger partial charge in [0.2, 0.25) is 0 Å². The van der Waals surface area contributed by atoms with Crippen LogP contribution in [0.25, 0.3) is 0 Å². The number of halogens is 4. The summed E-state index contributed by atoms with van der Waals surface area (Å²) < 4.78 is 25.1. The van der Waals surface area contributed by atoms with Gasteiger partial charge in [0, 0.05) is 11.6 Å². The molecule has 0 atom stereocenters. The fourth-order valence-corrected chi connectivity index (χ4v) is 3.54. The lowest BCUT2D eigenvalue weighted by Gasteiger charge is -2.15. The zero-order valence-corrected chi connectivity index (χ0v) is 18.0. The van der Waals surface area contributed by atoms with Gasteiger partial charge in [-0.25, -0.2) is 4.39 Å². The lowest BCUT2D eigenvalue weighted by Crippen LogP contribution is -2.03. The van der Waals surface area contributed by atoms with Crippen LogP contribution in [0.4, 0.5) is 10.1 Å². The molecule has 0 fully saturated rings. The summed E-state index contributed by atoms with van der Waals surface area (Å²) in [4.78, 5) is 0. The first-order chi connectivity index (χ1) is 13.5. The Balaban J connectivity index is 1.73. The molecule has 0 aliphatic rings. The van der Waals surface area contributed by atoms with Crippen molar-refractivity contribution in [2.24, 2.45) is 0 Å². The van der Waals surface area contributed by atoms with Gasteiger partial charge in [0.05, 0.1) is 22.3 Å². The molecule has 3 rings (SSSR count). The molecule has 0 heterocycles. The number of ether oxygens (including phenoxy) is 2. The summed E-state index contributed by atoms with van der Waals surface area (Å²) in [6.45, 7) is 0.818. The van der Waals surface area contributed by atoms with Crippen molar-refractivity contribution in [3.63, 3.8) is 0 Å². The second-order valence-electron chi connectivity index (χ2n) is 6.00. The van der Waals surface area contributed by atoms with Gasteiger partial charge in [0.15, 0.2) is 11.5 Å². The van der Waals surface area contributed by atoms with Crippen molar-refractivity contribution >= 4 is 44.8 Å². The van der Waals surface area contributed by atoms with E-state index in [4.69, 9.17) is 32.7 Å². The molecule has 3 aromatic rings. The highest BCUT2D eigenvalue weighted by atomic mass is 79.9. The molecule has 3 aromatic carbocycles. The van der Waals surface area contributed by atoms with Gasteiger partial charge in [-0.1, -0.05) is 35.3 Å². The maximum Gasteiger partial charge on any atom is 0.175 e. The Labute approximate surface area is 181 Å². The van der Waals surface area contributed by atoms with Crippen molar-refractivity contribution in [1.29, 1.82) is 0 Å². The predicted octanol–water partition coefficient (Wildman–Crippen LogP) is 7.09. The number of benzene rings is 3. The molecule has 0 spiro atoms. The molecular formula is C21H17BrCl2FNO2. The molecule has 0 radical (unpaired) electrons. The van der Waals surface area contributed by atoms with Crippen LogP contribution in [0, 0.1) is 5.82 Å². The maximum atomic E-state index is 13.0. The molecule has 0 saturated heterocycles. The van der Waals surface area contributed by atoms with E-state index in [1.165, 1.54) is 12.1 Å². The van der Waals surface area contributed by atoms with E-state index in [1.807, 2.05) is 12.1 Å². The van der Waals surface area contributed by atoms with Crippen molar-refractivity contribution in [2.45, 2.75) is 13.2 Å². The third-order valence-electron chi connectivity index (χ3n) is 4.00. The van der Waals surface area contributed by atoms with Crippen molar-refractivity contribution in [2.75, 3.05) is 12.4 Å². The lowest BCUT2D eigenvalue weighted by molar-refractivity contribution is 0.282. The molecule has 0 aromatic heterocycles. The molecule has 3 nitrogen and oxygen atoms in total. The molecule has 1 N–H and O–H groups in total. The Morgan fingerprint density at radius 3 is 2.46 bits per heavy atom. The summed E-state index contributed by atoms with van der Waals surface area (Å²) in [5.74, 6) is 0.890. The number of methoxy groups -OCH3 is 1. The largest absolute Gasteiger partial charge is 0.493 e. The molecule has 0 aliphatic heterocycles. The SMILES string of the molecule is COc1cc(CNc2cc(Cl)ccc2Cl)cc(Br)c1OCc1ccc(F)cc1. The third kappa shape index (κ3) is 5.31. The number of hydrogen-bond donors (Lipinski definition) is 1. The van der Waals surface area contributed by atoms with Crippen LogP contribution in [0.2, 0.25) is 10.0 Å². The molecule has 0 amide bonds. The smallest absolute Gasteiger partial charge is 0.175 e. The molecule has 7 heteroatoms. The van der Waals surface area contributed by atoms with Crippen LogP contribution in [0.5, 0.6) is 11.5 Å². The Morgan fingerprint density at radius 2 is 1.75 bits per heavy atom. The average Bonchev–Trinajstić information content (AvgIpc) is 2.68. The van der Waals surface area contributed by atoms with E-state index in [1.54, 1.807) is 37.4 Å².